The Hall–Kier alpha value is -1.08. The summed E-state index contributed by atoms with van der Waals surface area (Å²) < 4.78 is 0. The third kappa shape index (κ3) is 3.44. The fourth-order valence-electron chi connectivity index (χ4n) is 2.31. The molecule has 0 saturated heterocycles. The number of Topliss-reactive ketones (excluding diaryl/α,β-unsaturated/α-hetero) is 1. The number of rotatable bonds is 3. The lowest BCUT2D eigenvalue weighted by atomic mass is 9.88. The quantitative estimate of drug-likeness (QED) is 0.566. The zero-order valence-electron chi connectivity index (χ0n) is 9.86. The molecule has 1 aliphatic rings. The van der Waals surface area contributed by atoms with Gasteiger partial charge in [0.05, 0.1) is 5.03 Å². The average molecular weight is 249 g/mol. The van der Waals surface area contributed by atoms with Crippen molar-refractivity contribution in [3.63, 3.8) is 0 Å². The minimum absolute atomic E-state index is 0.0576. The van der Waals surface area contributed by atoms with E-state index in [1.165, 1.54) is 19.3 Å². The molecule has 0 amide bonds. The normalized spacial score (nSPS) is 18.1. The van der Waals surface area contributed by atoms with E-state index in [2.05, 4.69) is 0 Å². The lowest BCUT2D eigenvalue weighted by Crippen LogP contribution is -2.06. The summed E-state index contributed by atoms with van der Waals surface area (Å²) in [6, 6.07) is 9.23. The van der Waals surface area contributed by atoms with Crippen molar-refractivity contribution < 1.29 is 4.79 Å². The molecule has 0 spiro atoms. The van der Waals surface area contributed by atoms with E-state index in [9.17, 15) is 4.79 Å². The maximum Gasteiger partial charge on any atom is 0.204 e. The number of carbonyl (C=O) groups excluding carboxylic acids is 1. The fourth-order valence-corrected chi connectivity index (χ4v) is 2.60. The maximum atomic E-state index is 12.0. The van der Waals surface area contributed by atoms with Gasteiger partial charge in [-0.15, -0.1) is 0 Å². The minimum atomic E-state index is -0.0576. The fraction of sp³-hybridized carbons (Fsp3) is 0.400. The number of halogens is 1. The van der Waals surface area contributed by atoms with Crippen LogP contribution in [0.2, 0.25) is 0 Å². The number of ketones is 1. The molecule has 90 valence electrons. The molecule has 1 aromatic carbocycles. The summed E-state index contributed by atoms with van der Waals surface area (Å²) >= 11 is 6.11. The topological polar surface area (TPSA) is 17.1 Å². The molecule has 1 aliphatic carbocycles. The van der Waals surface area contributed by atoms with Gasteiger partial charge in [-0.2, -0.15) is 0 Å². The van der Waals surface area contributed by atoms with Gasteiger partial charge in [-0.05, 0) is 18.8 Å². The SMILES string of the molecule is O=C(/C(Cl)=C/C1CCCCC1)c1ccccc1. The summed E-state index contributed by atoms with van der Waals surface area (Å²) in [6.07, 6.45) is 8.11. The first kappa shape index (κ1) is 12.4. The third-order valence-corrected chi connectivity index (χ3v) is 3.58. The number of benzene rings is 1. The Bertz CT molecular complexity index is 402. The van der Waals surface area contributed by atoms with Gasteiger partial charge >= 0.3 is 0 Å². The molecule has 2 heteroatoms. The van der Waals surface area contributed by atoms with Crippen molar-refractivity contribution in [2.24, 2.45) is 5.92 Å². The number of hydrogen-bond donors (Lipinski definition) is 0. The highest BCUT2D eigenvalue weighted by atomic mass is 35.5. The van der Waals surface area contributed by atoms with Crippen molar-refractivity contribution in [3.8, 4) is 0 Å². The van der Waals surface area contributed by atoms with E-state index < -0.39 is 0 Å². The second kappa shape index (κ2) is 6.02. The van der Waals surface area contributed by atoms with Crippen molar-refractivity contribution in [2.75, 3.05) is 0 Å². The van der Waals surface area contributed by atoms with Gasteiger partial charge in [0.25, 0.3) is 0 Å². The van der Waals surface area contributed by atoms with Crippen LogP contribution in [0.1, 0.15) is 42.5 Å². The van der Waals surface area contributed by atoms with Crippen LogP contribution >= 0.6 is 11.6 Å². The summed E-state index contributed by atoms with van der Waals surface area (Å²) in [5, 5.41) is 0.378. The highest BCUT2D eigenvalue weighted by molar-refractivity contribution is 6.45. The monoisotopic (exact) mass is 248 g/mol. The highest BCUT2D eigenvalue weighted by Crippen LogP contribution is 2.27. The van der Waals surface area contributed by atoms with E-state index in [-0.39, 0.29) is 5.78 Å². The first-order valence-corrected chi connectivity index (χ1v) is 6.62. The van der Waals surface area contributed by atoms with Crippen LogP contribution in [0.4, 0.5) is 0 Å². The molecule has 1 nitrogen and oxygen atoms in total. The second-order valence-corrected chi connectivity index (χ2v) is 5.02. The van der Waals surface area contributed by atoms with Gasteiger partial charge in [0.1, 0.15) is 0 Å². The van der Waals surface area contributed by atoms with Crippen LogP contribution < -0.4 is 0 Å². The molecule has 17 heavy (non-hydrogen) atoms. The van der Waals surface area contributed by atoms with Gasteiger partial charge < -0.3 is 0 Å². The van der Waals surface area contributed by atoms with Crippen molar-refractivity contribution in [1.29, 1.82) is 0 Å². The predicted molar refractivity (Wildman–Crippen MR) is 71.3 cm³/mol. The molecule has 0 bridgehead atoms. The lowest BCUT2D eigenvalue weighted by Gasteiger charge is -2.18. The van der Waals surface area contributed by atoms with Crippen molar-refractivity contribution in [1.82, 2.24) is 0 Å². The summed E-state index contributed by atoms with van der Waals surface area (Å²) in [4.78, 5) is 12.0. The Kier molecular flexibility index (Phi) is 4.38. The van der Waals surface area contributed by atoms with E-state index in [1.54, 1.807) is 12.1 Å². The lowest BCUT2D eigenvalue weighted by molar-refractivity contribution is 0.104. The van der Waals surface area contributed by atoms with Crippen LogP contribution in [-0.2, 0) is 0 Å². The zero-order valence-corrected chi connectivity index (χ0v) is 10.6. The molecule has 0 unspecified atom stereocenters. The average Bonchev–Trinajstić information content (AvgIpc) is 2.40. The van der Waals surface area contributed by atoms with Gasteiger partial charge in [-0.3, -0.25) is 4.79 Å². The summed E-state index contributed by atoms with van der Waals surface area (Å²) in [6.45, 7) is 0. The third-order valence-electron chi connectivity index (χ3n) is 3.28. The molecule has 0 aliphatic heterocycles. The molecule has 0 atom stereocenters. The maximum absolute atomic E-state index is 12.0. The molecule has 0 aromatic heterocycles. The Labute approximate surface area is 107 Å². The smallest absolute Gasteiger partial charge is 0.204 e. The van der Waals surface area contributed by atoms with Crippen LogP contribution in [0.5, 0.6) is 0 Å². The van der Waals surface area contributed by atoms with Crippen LogP contribution in [0.3, 0.4) is 0 Å². The predicted octanol–water partition coefficient (Wildman–Crippen LogP) is 4.57. The number of allylic oxidation sites excluding steroid dienone is 2. The second-order valence-electron chi connectivity index (χ2n) is 4.61. The number of hydrogen-bond acceptors (Lipinski definition) is 1. The van der Waals surface area contributed by atoms with Gasteiger partial charge in [-0.25, -0.2) is 0 Å². The summed E-state index contributed by atoms with van der Waals surface area (Å²) in [5.41, 5.74) is 0.671. The van der Waals surface area contributed by atoms with Crippen LogP contribution in [0.15, 0.2) is 41.4 Å². The Morgan fingerprint density at radius 2 is 1.76 bits per heavy atom. The summed E-state index contributed by atoms with van der Waals surface area (Å²) in [7, 11) is 0. The summed E-state index contributed by atoms with van der Waals surface area (Å²) in [5.74, 6) is 0.432. The molecular formula is C15H17ClO. The van der Waals surface area contributed by atoms with Gasteiger partial charge in [0.2, 0.25) is 5.78 Å². The van der Waals surface area contributed by atoms with Crippen LogP contribution in [0, 0.1) is 5.92 Å². The molecule has 1 aromatic rings. The Morgan fingerprint density at radius 1 is 1.12 bits per heavy atom. The number of carbonyl (C=O) groups is 1. The standard InChI is InChI=1S/C15H17ClO/c16-14(11-12-7-3-1-4-8-12)15(17)13-9-5-2-6-10-13/h2,5-6,9-12H,1,3-4,7-8H2/b14-11-. The van der Waals surface area contributed by atoms with E-state index in [1.807, 2.05) is 24.3 Å². The zero-order chi connectivity index (χ0) is 12.1. The molecular weight excluding hydrogens is 232 g/mol. The highest BCUT2D eigenvalue weighted by Gasteiger charge is 2.15. The minimum Gasteiger partial charge on any atom is -0.288 e. The van der Waals surface area contributed by atoms with E-state index in [0.29, 0.717) is 16.5 Å². The molecule has 0 heterocycles. The Morgan fingerprint density at radius 3 is 2.41 bits per heavy atom. The van der Waals surface area contributed by atoms with Gasteiger partial charge in [0.15, 0.2) is 0 Å². The van der Waals surface area contributed by atoms with E-state index in [4.69, 9.17) is 11.6 Å². The van der Waals surface area contributed by atoms with Gasteiger partial charge in [0, 0.05) is 5.56 Å². The van der Waals surface area contributed by atoms with Crippen LogP contribution in [-0.4, -0.2) is 5.78 Å². The van der Waals surface area contributed by atoms with Crippen molar-refractivity contribution >= 4 is 17.4 Å². The molecule has 2 rings (SSSR count). The first-order chi connectivity index (χ1) is 8.27. The van der Waals surface area contributed by atoms with Crippen molar-refractivity contribution in [2.45, 2.75) is 32.1 Å². The molecule has 0 N–H and O–H groups in total. The largest absolute Gasteiger partial charge is 0.288 e. The first-order valence-electron chi connectivity index (χ1n) is 6.24. The van der Waals surface area contributed by atoms with Crippen molar-refractivity contribution in [3.05, 3.63) is 47.0 Å². The Balaban J connectivity index is 2.06. The molecule has 1 fully saturated rings. The van der Waals surface area contributed by atoms with Gasteiger partial charge in [-0.1, -0.05) is 67.3 Å². The van der Waals surface area contributed by atoms with E-state index >= 15 is 0 Å². The molecule has 0 radical (unpaired) electrons. The van der Waals surface area contributed by atoms with E-state index in [0.717, 1.165) is 12.8 Å². The molecule has 1 saturated carbocycles. The van der Waals surface area contributed by atoms with Crippen LogP contribution in [0.25, 0.3) is 0 Å².